The number of aliphatic hydroxyl groups excluding tert-OH is 1. The molecule has 2 atom stereocenters. The van der Waals surface area contributed by atoms with Gasteiger partial charge in [0.05, 0.1) is 18.8 Å². The molecule has 1 aromatic rings. The second kappa shape index (κ2) is 5.38. The number of nitrogens with zero attached hydrogens (tertiary/aromatic N) is 1. The molecule has 1 N–H and O–H groups in total. The van der Waals surface area contributed by atoms with Crippen LogP contribution in [0.4, 0.5) is 5.69 Å². The van der Waals surface area contributed by atoms with Gasteiger partial charge in [0, 0.05) is 23.2 Å². The summed E-state index contributed by atoms with van der Waals surface area (Å²) in [5.41, 5.74) is 2.10. The lowest BCUT2D eigenvalue weighted by atomic mass is 10.1. The molecule has 17 heavy (non-hydrogen) atoms. The lowest BCUT2D eigenvalue weighted by Gasteiger charge is -2.33. The molecular formula is C13H18BrNO2. The number of benzene rings is 1. The molecule has 3 nitrogen and oxygen atoms in total. The van der Waals surface area contributed by atoms with E-state index < -0.39 is 6.10 Å². The molecule has 0 saturated carbocycles. The zero-order valence-electron chi connectivity index (χ0n) is 10.2. The molecule has 0 aliphatic carbocycles. The Bertz CT molecular complexity index is 395. The molecule has 1 fully saturated rings. The Morgan fingerprint density at radius 2 is 2.29 bits per heavy atom. The first-order chi connectivity index (χ1) is 8.08. The van der Waals surface area contributed by atoms with E-state index in [2.05, 4.69) is 39.9 Å². The fraction of sp³-hybridized carbons (Fsp3) is 0.538. The number of rotatable bonds is 2. The minimum Gasteiger partial charge on any atom is -0.389 e. The summed E-state index contributed by atoms with van der Waals surface area (Å²) in [7, 11) is 0. The highest BCUT2D eigenvalue weighted by atomic mass is 79.9. The number of morpholine rings is 1. The lowest BCUT2D eigenvalue weighted by Crippen LogP contribution is -2.41. The van der Waals surface area contributed by atoms with Crippen LogP contribution in [0.1, 0.15) is 25.5 Å². The fourth-order valence-electron chi connectivity index (χ4n) is 2.10. The predicted octanol–water partition coefficient (Wildman–Crippen LogP) is 2.73. The molecule has 0 spiro atoms. The van der Waals surface area contributed by atoms with E-state index in [1.165, 1.54) is 5.69 Å². The molecule has 94 valence electrons. The number of hydrogen-bond acceptors (Lipinski definition) is 3. The molecule has 4 heteroatoms. The van der Waals surface area contributed by atoms with E-state index in [9.17, 15) is 5.11 Å². The van der Waals surface area contributed by atoms with E-state index in [-0.39, 0.29) is 6.10 Å². The van der Waals surface area contributed by atoms with E-state index in [0.717, 1.165) is 29.7 Å². The maximum atomic E-state index is 9.58. The third kappa shape index (κ3) is 3.00. The zero-order chi connectivity index (χ0) is 12.4. The molecule has 1 saturated heterocycles. The largest absolute Gasteiger partial charge is 0.389 e. The van der Waals surface area contributed by atoms with Gasteiger partial charge in [-0.15, -0.1) is 0 Å². The summed E-state index contributed by atoms with van der Waals surface area (Å²) < 4.78 is 6.49. The van der Waals surface area contributed by atoms with Crippen molar-refractivity contribution in [2.24, 2.45) is 0 Å². The molecule has 0 aromatic heterocycles. The average molecular weight is 300 g/mol. The summed E-state index contributed by atoms with van der Waals surface area (Å²) in [5.74, 6) is 0. The van der Waals surface area contributed by atoms with Gasteiger partial charge >= 0.3 is 0 Å². The third-order valence-electron chi connectivity index (χ3n) is 3.04. The highest BCUT2D eigenvalue weighted by molar-refractivity contribution is 9.10. The Hall–Kier alpha value is -0.580. The van der Waals surface area contributed by atoms with Gasteiger partial charge in [-0.25, -0.2) is 0 Å². The van der Waals surface area contributed by atoms with Crippen LogP contribution in [0.3, 0.4) is 0 Å². The van der Waals surface area contributed by atoms with E-state index in [1.54, 1.807) is 6.92 Å². The monoisotopic (exact) mass is 299 g/mol. The number of hydrogen-bond donors (Lipinski definition) is 1. The van der Waals surface area contributed by atoms with Gasteiger partial charge in [0.1, 0.15) is 0 Å². The van der Waals surface area contributed by atoms with Gasteiger partial charge in [0.25, 0.3) is 0 Å². The molecular weight excluding hydrogens is 282 g/mol. The first-order valence-corrected chi connectivity index (χ1v) is 6.71. The Labute approximate surface area is 111 Å². The quantitative estimate of drug-likeness (QED) is 0.911. The number of ether oxygens (including phenoxy) is 1. The summed E-state index contributed by atoms with van der Waals surface area (Å²) in [6.07, 6.45) is -0.166. The molecule has 1 aromatic carbocycles. The summed E-state index contributed by atoms with van der Waals surface area (Å²) in [6.45, 7) is 6.48. The molecule has 1 aliphatic rings. The van der Waals surface area contributed by atoms with Gasteiger partial charge in [-0.2, -0.15) is 0 Å². The van der Waals surface area contributed by atoms with Gasteiger partial charge in [0.15, 0.2) is 0 Å². The van der Waals surface area contributed by atoms with Gasteiger partial charge in [-0.3, -0.25) is 0 Å². The van der Waals surface area contributed by atoms with Crippen molar-refractivity contribution in [3.05, 3.63) is 28.2 Å². The highest BCUT2D eigenvalue weighted by Gasteiger charge is 2.18. The number of aliphatic hydroxyl groups is 1. The molecule has 0 bridgehead atoms. The van der Waals surface area contributed by atoms with Crippen LogP contribution < -0.4 is 4.90 Å². The topological polar surface area (TPSA) is 32.7 Å². The van der Waals surface area contributed by atoms with E-state index >= 15 is 0 Å². The van der Waals surface area contributed by atoms with Crippen LogP contribution in [0.2, 0.25) is 0 Å². The first-order valence-electron chi connectivity index (χ1n) is 5.92. The minimum absolute atomic E-state index is 0.277. The fourth-order valence-corrected chi connectivity index (χ4v) is 2.80. The van der Waals surface area contributed by atoms with Crippen molar-refractivity contribution in [3.8, 4) is 0 Å². The molecule has 2 rings (SSSR count). The summed E-state index contributed by atoms with van der Waals surface area (Å²) in [6, 6.07) is 6.11. The molecule has 2 unspecified atom stereocenters. The average Bonchev–Trinajstić information content (AvgIpc) is 2.28. The molecule has 0 amide bonds. The normalized spacial score (nSPS) is 22.6. The van der Waals surface area contributed by atoms with Crippen LogP contribution in [-0.4, -0.2) is 30.9 Å². The zero-order valence-corrected chi connectivity index (χ0v) is 11.8. The highest BCUT2D eigenvalue weighted by Crippen LogP contribution is 2.29. The van der Waals surface area contributed by atoms with Crippen molar-refractivity contribution >= 4 is 21.6 Å². The third-order valence-corrected chi connectivity index (χ3v) is 3.73. The first kappa shape index (κ1) is 12.9. The predicted molar refractivity (Wildman–Crippen MR) is 72.4 cm³/mol. The second-order valence-electron chi connectivity index (χ2n) is 4.51. The van der Waals surface area contributed by atoms with Crippen molar-refractivity contribution in [3.63, 3.8) is 0 Å². The Balaban J connectivity index is 2.19. The number of anilines is 1. The van der Waals surface area contributed by atoms with E-state index in [1.807, 2.05) is 6.07 Å². The van der Waals surface area contributed by atoms with Gasteiger partial charge in [-0.1, -0.05) is 22.0 Å². The summed E-state index contributed by atoms with van der Waals surface area (Å²) in [5, 5.41) is 9.58. The maximum Gasteiger partial charge on any atom is 0.0772 e. The maximum absolute atomic E-state index is 9.58. The van der Waals surface area contributed by atoms with Crippen molar-refractivity contribution in [2.45, 2.75) is 26.1 Å². The minimum atomic E-state index is -0.443. The standard InChI is InChI=1S/C13H18BrNO2/c1-9-8-15(5-6-17-9)11-3-4-12(10(2)16)13(14)7-11/h3-4,7,9-10,16H,5-6,8H2,1-2H3. The molecule has 1 aliphatic heterocycles. The van der Waals surface area contributed by atoms with Crippen LogP contribution in [0.5, 0.6) is 0 Å². The molecule has 1 heterocycles. The van der Waals surface area contributed by atoms with Gasteiger partial charge in [0.2, 0.25) is 0 Å². The summed E-state index contributed by atoms with van der Waals surface area (Å²) in [4.78, 5) is 2.31. The summed E-state index contributed by atoms with van der Waals surface area (Å²) >= 11 is 3.51. The van der Waals surface area contributed by atoms with Crippen molar-refractivity contribution < 1.29 is 9.84 Å². The van der Waals surface area contributed by atoms with Gasteiger partial charge < -0.3 is 14.7 Å². The van der Waals surface area contributed by atoms with Crippen LogP contribution in [0.25, 0.3) is 0 Å². The Kier molecular flexibility index (Phi) is 4.07. The van der Waals surface area contributed by atoms with Crippen molar-refractivity contribution in [1.29, 1.82) is 0 Å². The van der Waals surface area contributed by atoms with Crippen LogP contribution in [0.15, 0.2) is 22.7 Å². The Morgan fingerprint density at radius 1 is 1.53 bits per heavy atom. The van der Waals surface area contributed by atoms with Crippen molar-refractivity contribution in [2.75, 3.05) is 24.6 Å². The molecule has 0 radical (unpaired) electrons. The van der Waals surface area contributed by atoms with Crippen LogP contribution >= 0.6 is 15.9 Å². The smallest absolute Gasteiger partial charge is 0.0772 e. The SMILES string of the molecule is CC1CN(c2ccc(C(C)O)c(Br)c2)CCO1. The number of halogens is 1. The van der Waals surface area contributed by atoms with E-state index in [0.29, 0.717) is 0 Å². The lowest BCUT2D eigenvalue weighted by molar-refractivity contribution is 0.0532. The van der Waals surface area contributed by atoms with Crippen LogP contribution in [-0.2, 0) is 4.74 Å². The van der Waals surface area contributed by atoms with Crippen molar-refractivity contribution in [1.82, 2.24) is 0 Å². The Morgan fingerprint density at radius 3 is 2.88 bits per heavy atom. The van der Waals surface area contributed by atoms with E-state index in [4.69, 9.17) is 4.74 Å². The van der Waals surface area contributed by atoms with Crippen LogP contribution in [0, 0.1) is 0 Å². The van der Waals surface area contributed by atoms with Gasteiger partial charge in [-0.05, 0) is 31.5 Å². The second-order valence-corrected chi connectivity index (χ2v) is 5.36.